The van der Waals surface area contributed by atoms with E-state index in [9.17, 15) is 4.39 Å². The fourth-order valence-corrected chi connectivity index (χ4v) is 3.67. The number of benzene rings is 1. The fraction of sp³-hybridized carbons (Fsp3) is 0.333. The molecular formula is C15H17BrFNS. The van der Waals surface area contributed by atoms with Gasteiger partial charge in [-0.3, -0.25) is 0 Å². The van der Waals surface area contributed by atoms with Gasteiger partial charge in [0.05, 0.1) is 3.79 Å². The van der Waals surface area contributed by atoms with Gasteiger partial charge in [0, 0.05) is 22.9 Å². The van der Waals surface area contributed by atoms with Gasteiger partial charge < -0.3 is 5.32 Å². The molecule has 0 bridgehead atoms. The van der Waals surface area contributed by atoms with Gasteiger partial charge in [-0.25, -0.2) is 4.39 Å². The van der Waals surface area contributed by atoms with Crippen LogP contribution in [0.15, 0.2) is 34.1 Å². The van der Waals surface area contributed by atoms with Crippen molar-refractivity contribution in [1.29, 1.82) is 0 Å². The fourth-order valence-electron chi connectivity index (χ4n) is 2.14. The molecule has 0 saturated carbocycles. The Labute approximate surface area is 126 Å². The molecule has 1 aromatic heterocycles. The molecule has 1 N–H and O–H groups in total. The zero-order valence-corrected chi connectivity index (χ0v) is 13.4. The molecule has 4 heteroatoms. The minimum absolute atomic E-state index is 0.0236. The minimum atomic E-state index is -0.0935. The quantitative estimate of drug-likeness (QED) is 0.819. The number of halogens is 2. The zero-order chi connectivity index (χ0) is 13.8. The number of hydrogen-bond donors (Lipinski definition) is 1. The van der Waals surface area contributed by atoms with Crippen molar-refractivity contribution in [2.45, 2.75) is 26.3 Å². The van der Waals surface area contributed by atoms with Gasteiger partial charge in [0.1, 0.15) is 5.82 Å². The van der Waals surface area contributed by atoms with Crippen molar-refractivity contribution in [2.24, 2.45) is 0 Å². The normalized spacial score (nSPS) is 12.6. The predicted octanol–water partition coefficient (Wildman–Crippen LogP) is 4.85. The first kappa shape index (κ1) is 14.7. The van der Waals surface area contributed by atoms with E-state index in [4.69, 9.17) is 0 Å². The van der Waals surface area contributed by atoms with Gasteiger partial charge in [-0.15, -0.1) is 11.3 Å². The van der Waals surface area contributed by atoms with Crippen LogP contribution in [0.2, 0.25) is 0 Å². The summed E-state index contributed by atoms with van der Waals surface area (Å²) in [6.45, 7) is 4.68. The Morgan fingerprint density at radius 3 is 2.74 bits per heavy atom. The van der Waals surface area contributed by atoms with E-state index in [1.165, 1.54) is 4.88 Å². The zero-order valence-electron chi connectivity index (χ0n) is 11.0. The van der Waals surface area contributed by atoms with Crippen molar-refractivity contribution in [3.8, 4) is 0 Å². The highest BCUT2D eigenvalue weighted by Crippen LogP contribution is 2.28. The highest BCUT2D eigenvalue weighted by atomic mass is 79.9. The second-order valence-electron chi connectivity index (χ2n) is 4.50. The lowest BCUT2D eigenvalue weighted by atomic mass is 10.00. The van der Waals surface area contributed by atoms with Crippen LogP contribution in [-0.2, 0) is 6.42 Å². The summed E-state index contributed by atoms with van der Waals surface area (Å²) in [5.41, 5.74) is 1.46. The lowest BCUT2D eigenvalue weighted by molar-refractivity contribution is 0.509. The Morgan fingerprint density at radius 1 is 1.32 bits per heavy atom. The summed E-state index contributed by atoms with van der Waals surface area (Å²) in [4.78, 5) is 1.25. The van der Waals surface area contributed by atoms with Gasteiger partial charge in [-0.05, 0) is 47.1 Å². The van der Waals surface area contributed by atoms with Crippen LogP contribution in [0.3, 0.4) is 0 Å². The van der Waals surface area contributed by atoms with Gasteiger partial charge >= 0.3 is 0 Å². The Morgan fingerprint density at radius 2 is 2.11 bits per heavy atom. The highest BCUT2D eigenvalue weighted by molar-refractivity contribution is 9.11. The summed E-state index contributed by atoms with van der Waals surface area (Å²) in [6.07, 6.45) is 0.810. The molecule has 0 radical (unpaired) electrons. The monoisotopic (exact) mass is 341 g/mol. The number of thiophene rings is 1. The number of rotatable bonds is 5. The third-order valence-corrected chi connectivity index (χ3v) is 4.73. The molecule has 1 unspecified atom stereocenters. The van der Waals surface area contributed by atoms with Crippen LogP contribution in [-0.4, -0.2) is 6.54 Å². The maximum absolute atomic E-state index is 14.2. The number of aryl methyl sites for hydroxylation is 1. The molecule has 0 spiro atoms. The largest absolute Gasteiger partial charge is 0.310 e. The Kier molecular flexibility index (Phi) is 5.13. The molecule has 0 fully saturated rings. The molecule has 1 atom stereocenters. The molecule has 2 aromatic rings. The molecule has 0 aliphatic rings. The molecular weight excluding hydrogens is 325 g/mol. The molecule has 102 valence electrons. The van der Waals surface area contributed by atoms with Crippen LogP contribution in [0.1, 0.15) is 29.0 Å². The van der Waals surface area contributed by atoms with Crippen molar-refractivity contribution in [3.63, 3.8) is 0 Å². The summed E-state index contributed by atoms with van der Waals surface area (Å²) in [6, 6.07) is 9.75. The summed E-state index contributed by atoms with van der Waals surface area (Å²) < 4.78 is 15.4. The average Bonchev–Trinajstić information content (AvgIpc) is 2.78. The van der Waals surface area contributed by atoms with Gasteiger partial charge in [-0.1, -0.05) is 25.1 Å². The third kappa shape index (κ3) is 3.65. The lowest BCUT2D eigenvalue weighted by Gasteiger charge is -2.19. The van der Waals surface area contributed by atoms with Crippen LogP contribution >= 0.6 is 27.3 Å². The van der Waals surface area contributed by atoms with E-state index in [0.29, 0.717) is 5.56 Å². The van der Waals surface area contributed by atoms with E-state index in [2.05, 4.69) is 27.3 Å². The van der Waals surface area contributed by atoms with Gasteiger partial charge in [0.2, 0.25) is 0 Å². The molecule has 2 rings (SSSR count). The summed E-state index contributed by atoms with van der Waals surface area (Å²) in [5.74, 6) is -0.0935. The Bertz CT molecular complexity index is 553. The Hall–Kier alpha value is -0.710. The smallest absolute Gasteiger partial charge is 0.130 e. The Balaban J connectivity index is 2.26. The van der Waals surface area contributed by atoms with E-state index in [1.807, 2.05) is 38.1 Å². The van der Waals surface area contributed by atoms with Crippen LogP contribution in [0.4, 0.5) is 4.39 Å². The van der Waals surface area contributed by atoms with E-state index in [1.54, 1.807) is 11.3 Å². The maximum Gasteiger partial charge on any atom is 0.130 e. The van der Waals surface area contributed by atoms with Gasteiger partial charge in [0.25, 0.3) is 0 Å². The molecule has 0 aliphatic heterocycles. The van der Waals surface area contributed by atoms with Gasteiger partial charge in [-0.2, -0.15) is 0 Å². The highest BCUT2D eigenvalue weighted by Gasteiger charge is 2.17. The van der Waals surface area contributed by atoms with Crippen molar-refractivity contribution < 1.29 is 4.39 Å². The third-order valence-electron chi connectivity index (χ3n) is 3.08. The lowest BCUT2D eigenvalue weighted by Crippen LogP contribution is -2.23. The maximum atomic E-state index is 14.2. The summed E-state index contributed by atoms with van der Waals surface area (Å²) in [5, 5.41) is 3.38. The topological polar surface area (TPSA) is 12.0 Å². The standard InChI is InChI=1S/C15H17BrFNS/c1-3-18-13(9-11-7-8-14(16)19-11)12-6-4-5-10(2)15(12)17/h4-8,13,18H,3,9H2,1-2H3. The second kappa shape index (κ2) is 6.64. The number of hydrogen-bond acceptors (Lipinski definition) is 2. The molecule has 1 heterocycles. The second-order valence-corrected chi connectivity index (χ2v) is 7.05. The van der Waals surface area contributed by atoms with E-state index >= 15 is 0 Å². The molecule has 1 nitrogen and oxygen atoms in total. The first-order valence-corrected chi connectivity index (χ1v) is 7.95. The molecule has 0 saturated heterocycles. The van der Waals surface area contributed by atoms with E-state index < -0.39 is 0 Å². The van der Waals surface area contributed by atoms with Crippen molar-refractivity contribution in [1.82, 2.24) is 5.32 Å². The van der Waals surface area contributed by atoms with Crippen LogP contribution in [0.25, 0.3) is 0 Å². The van der Waals surface area contributed by atoms with Crippen molar-refractivity contribution >= 4 is 27.3 Å². The minimum Gasteiger partial charge on any atom is -0.310 e. The number of nitrogens with one attached hydrogen (secondary N) is 1. The summed E-state index contributed by atoms with van der Waals surface area (Å²) >= 11 is 5.17. The number of likely N-dealkylation sites (N-methyl/N-ethyl adjacent to an activating group) is 1. The first-order valence-electron chi connectivity index (χ1n) is 6.34. The molecule has 1 aromatic carbocycles. The molecule has 0 aliphatic carbocycles. The first-order chi connectivity index (χ1) is 9.11. The van der Waals surface area contributed by atoms with E-state index in [-0.39, 0.29) is 11.9 Å². The average molecular weight is 342 g/mol. The van der Waals surface area contributed by atoms with Crippen LogP contribution in [0, 0.1) is 12.7 Å². The molecule has 0 amide bonds. The van der Waals surface area contributed by atoms with Crippen LogP contribution in [0.5, 0.6) is 0 Å². The van der Waals surface area contributed by atoms with E-state index in [0.717, 1.165) is 22.3 Å². The van der Waals surface area contributed by atoms with Crippen molar-refractivity contribution in [2.75, 3.05) is 6.54 Å². The summed E-state index contributed by atoms with van der Waals surface area (Å²) in [7, 11) is 0. The van der Waals surface area contributed by atoms with Gasteiger partial charge in [0.15, 0.2) is 0 Å². The SMILES string of the molecule is CCNC(Cc1ccc(Br)s1)c1cccc(C)c1F. The van der Waals surface area contributed by atoms with Crippen molar-refractivity contribution in [3.05, 3.63) is 55.9 Å². The predicted molar refractivity (Wildman–Crippen MR) is 83.3 cm³/mol. The van der Waals surface area contributed by atoms with Crippen LogP contribution < -0.4 is 5.32 Å². The molecule has 19 heavy (non-hydrogen) atoms.